The molecule has 0 bridgehead atoms. The van der Waals surface area contributed by atoms with E-state index < -0.39 is 11.1 Å². The van der Waals surface area contributed by atoms with Crippen LogP contribution in [0.4, 0.5) is 4.79 Å². The Morgan fingerprint density at radius 3 is 2.66 bits per heavy atom. The Labute approximate surface area is 182 Å². The van der Waals surface area contributed by atoms with E-state index in [4.69, 9.17) is 39.1 Å². The van der Waals surface area contributed by atoms with Crippen LogP contribution in [0.3, 0.4) is 0 Å². The number of imide groups is 1. The second-order valence-electron chi connectivity index (χ2n) is 5.89. The number of rotatable bonds is 6. The molecule has 0 saturated carbocycles. The number of amides is 2. The molecule has 2 amide bonds. The summed E-state index contributed by atoms with van der Waals surface area (Å²) in [6.45, 7) is 0.140. The van der Waals surface area contributed by atoms with Gasteiger partial charge in [-0.05, 0) is 41.6 Å². The second-order valence-corrected chi connectivity index (χ2v) is 7.69. The van der Waals surface area contributed by atoms with E-state index in [9.17, 15) is 9.59 Å². The van der Waals surface area contributed by atoms with Gasteiger partial charge in [-0.1, -0.05) is 47.3 Å². The molecule has 5 nitrogen and oxygen atoms in total. The van der Waals surface area contributed by atoms with E-state index in [0.717, 1.165) is 22.2 Å². The van der Waals surface area contributed by atoms with Crippen molar-refractivity contribution in [3.8, 4) is 23.8 Å². The van der Waals surface area contributed by atoms with Crippen molar-refractivity contribution in [2.24, 2.45) is 0 Å². The molecular formula is C21H15Cl2NO4S. The van der Waals surface area contributed by atoms with Crippen molar-refractivity contribution in [2.75, 3.05) is 13.7 Å². The van der Waals surface area contributed by atoms with Crippen LogP contribution in [0.1, 0.15) is 11.1 Å². The molecule has 1 fully saturated rings. The number of carbonyl (C=O) groups is 2. The van der Waals surface area contributed by atoms with E-state index in [1.165, 1.54) is 7.11 Å². The van der Waals surface area contributed by atoms with Crippen LogP contribution in [0, 0.1) is 12.3 Å². The highest BCUT2D eigenvalue weighted by Crippen LogP contribution is 2.39. The monoisotopic (exact) mass is 447 g/mol. The number of hydrogen-bond donors (Lipinski definition) is 0. The van der Waals surface area contributed by atoms with Gasteiger partial charge in [-0.15, -0.1) is 6.42 Å². The molecule has 148 valence electrons. The summed E-state index contributed by atoms with van der Waals surface area (Å²) in [5.41, 5.74) is 1.39. The lowest BCUT2D eigenvalue weighted by Gasteiger charge is -2.14. The lowest BCUT2D eigenvalue weighted by molar-refractivity contribution is -0.122. The van der Waals surface area contributed by atoms with E-state index in [-0.39, 0.29) is 18.1 Å². The highest BCUT2D eigenvalue weighted by Gasteiger charge is 2.34. The van der Waals surface area contributed by atoms with Gasteiger partial charge in [0, 0.05) is 10.6 Å². The van der Waals surface area contributed by atoms with Gasteiger partial charge in [-0.2, -0.15) is 0 Å². The van der Waals surface area contributed by atoms with Gasteiger partial charge >= 0.3 is 0 Å². The summed E-state index contributed by atoms with van der Waals surface area (Å²) in [6, 6.07) is 10.6. The summed E-state index contributed by atoms with van der Waals surface area (Å²) < 4.78 is 11.2. The van der Waals surface area contributed by atoms with Gasteiger partial charge in [-0.3, -0.25) is 14.5 Å². The maximum absolute atomic E-state index is 12.3. The molecule has 1 heterocycles. The van der Waals surface area contributed by atoms with Crippen LogP contribution in [-0.4, -0.2) is 29.7 Å². The molecule has 0 radical (unpaired) electrons. The molecule has 0 N–H and O–H groups in total. The fourth-order valence-electron chi connectivity index (χ4n) is 2.61. The van der Waals surface area contributed by atoms with Crippen LogP contribution in [0.25, 0.3) is 6.08 Å². The zero-order chi connectivity index (χ0) is 21.0. The standard InChI is InChI=1S/C21H15Cl2NO4S/c1-3-8-24-20(25)18(29-21(24)26)11-13-9-16(23)19(17(10-13)27-2)28-12-14-6-4-5-7-15(14)22/h1,4-7,9-11H,8,12H2,2H3/b18-11+. The molecule has 0 unspecified atom stereocenters. The molecule has 1 saturated heterocycles. The SMILES string of the molecule is C#CCN1C(=O)S/C(=C/c2cc(Cl)c(OCc3ccccc3Cl)c(OC)c2)C1=O. The van der Waals surface area contributed by atoms with Crippen molar-refractivity contribution in [2.45, 2.75) is 6.61 Å². The third kappa shape index (κ3) is 4.70. The van der Waals surface area contributed by atoms with Crippen molar-refractivity contribution in [3.05, 3.63) is 62.5 Å². The Kier molecular flexibility index (Phi) is 6.75. The van der Waals surface area contributed by atoms with Crippen molar-refractivity contribution >= 4 is 52.2 Å². The van der Waals surface area contributed by atoms with Crippen LogP contribution in [0.5, 0.6) is 11.5 Å². The topological polar surface area (TPSA) is 55.8 Å². The predicted octanol–water partition coefficient (Wildman–Crippen LogP) is 5.25. The highest BCUT2D eigenvalue weighted by molar-refractivity contribution is 8.18. The minimum absolute atomic E-state index is 0.0685. The number of methoxy groups -OCH3 is 1. The first kappa shape index (κ1) is 21.1. The fraction of sp³-hybridized carbons (Fsp3) is 0.143. The van der Waals surface area contributed by atoms with Crippen LogP contribution < -0.4 is 9.47 Å². The van der Waals surface area contributed by atoms with Gasteiger partial charge in [0.2, 0.25) is 0 Å². The molecular weight excluding hydrogens is 433 g/mol. The number of carbonyl (C=O) groups excluding carboxylic acids is 2. The van der Waals surface area contributed by atoms with Gasteiger partial charge < -0.3 is 9.47 Å². The number of thioether (sulfide) groups is 1. The number of terminal acetylenes is 1. The summed E-state index contributed by atoms with van der Waals surface area (Å²) in [7, 11) is 1.48. The summed E-state index contributed by atoms with van der Waals surface area (Å²) in [6.07, 6.45) is 6.77. The molecule has 0 aliphatic carbocycles. The summed E-state index contributed by atoms with van der Waals surface area (Å²) in [5.74, 6) is 2.60. The molecule has 2 aromatic rings. The third-order valence-corrected chi connectivity index (χ3v) is 5.56. The molecule has 1 aliphatic rings. The molecule has 2 aromatic carbocycles. The Morgan fingerprint density at radius 1 is 1.21 bits per heavy atom. The van der Waals surface area contributed by atoms with E-state index in [0.29, 0.717) is 27.1 Å². The van der Waals surface area contributed by atoms with E-state index in [1.807, 2.05) is 18.2 Å². The lowest BCUT2D eigenvalue weighted by Crippen LogP contribution is -2.28. The third-order valence-electron chi connectivity index (χ3n) is 4.00. The maximum Gasteiger partial charge on any atom is 0.294 e. The Morgan fingerprint density at radius 2 is 1.97 bits per heavy atom. The average molecular weight is 448 g/mol. The van der Waals surface area contributed by atoms with Crippen molar-refractivity contribution < 1.29 is 19.1 Å². The minimum atomic E-state index is -0.438. The molecule has 29 heavy (non-hydrogen) atoms. The minimum Gasteiger partial charge on any atom is -0.493 e. The van der Waals surface area contributed by atoms with Crippen LogP contribution in [-0.2, 0) is 11.4 Å². The zero-order valence-corrected chi connectivity index (χ0v) is 17.6. The van der Waals surface area contributed by atoms with Gasteiger partial charge in [0.25, 0.3) is 11.1 Å². The van der Waals surface area contributed by atoms with Gasteiger partial charge in [0.05, 0.1) is 23.6 Å². The molecule has 0 atom stereocenters. The molecule has 0 aromatic heterocycles. The number of hydrogen-bond acceptors (Lipinski definition) is 5. The normalized spacial score (nSPS) is 15.0. The first-order valence-electron chi connectivity index (χ1n) is 8.37. The number of ether oxygens (including phenoxy) is 2. The lowest BCUT2D eigenvalue weighted by atomic mass is 10.1. The summed E-state index contributed by atoms with van der Waals surface area (Å²) in [4.78, 5) is 25.5. The van der Waals surface area contributed by atoms with E-state index >= 15 is 0 Å². The first-order valence-corrected chi connectivity index (χ1v) is 9.94. The van der Waals surface area contributed by atoms with Crippen LogP contribution >= 0.6 is 35.0 Å². The fourth-order valence-corrected chi connectivity index (χ4v) is 3.91. The predicted molar refractivity (Wildman–Crippen MR) is 115 cm³/mol. The van der Waals surface area contributed by atoms with Crippen LogP contribution in [0.2, 0.25) is 10.0 Å². The number of halogens is 2. The average Bonchev–Trinajstić information content (AvgIpc) is 2.95. The Bertz CT molecular complexity index is 1050. The largest absolute Gasteiger partial charge is 0.493 e. The van der Waals surface area contributed by atoms with Crippen molar-refractivity contribution in [1.29, 1.82) is 0 Å². The second kappa shape index (κ2) is 9.27. The first-order chi connectivity index (χ1) is 13.9. The number of nitrogens with zero attached hydrogens (tertiary/aromatic N) is 1. The molecule has 8 heteroatoms. The molecule has 3 rings (SSSR count). The highest BCUT2D eigenvalue weighted by atomic mass is 35.5. The number of benzene rings is 2. The van der Waals surface area contributed by atoms with Gasteiger partial charge in [0.1, 0.15) is 6.61 Å². The maximum atomic E-state index is 12.3. The quantitative estimate of drug-likeness (QED) is 0.446. The van der Waals surface area contributed by atoms with Crippen LogP contribution in [0.15, 0.2) is 41.3 Å². The van der Waals surface area contributed by atoms with Gasteiger partial charge in [-0.25, -0.2) is 0 Å². The smallest absolute Gasteiger partial charge is 0.294 e. The van der Waals surface area contributed by atoms with E-state index in [1.54, 1.807) is 24.3 Å². The molecule has 1 aliphatic heterocycles. The zero-order valence-electron chi connectivity index (χ0n) is 15.3. The Balaban J connectivity index is 1.85. The Hall–Kier alpha value is -2.59. The summed E-state index contributed by atoms with van der Waals surface area (Å²) >= 11 is 13.4. The van der Waals surface area contributed by atoms with Gasteiger partial charge in [0.15, 0.2) is 11.5 Å². The van der Waals surface area contributed by atoms with Crippen molar-refractivity contribution in [3.63, 3.8) is 0 Å². The molecule has 0 spiro atoms. The summed E-state index contributed by atoms with van der Waals surface area (Å²) in [5, 5.41) is 0.476. The van der Waals surface area contributed by atoms with Crippen molar-refractivity contribution in [1.82, 2.24) is 4.90 Å². The van der Waals surface area contributed by atoms with E-state index in [2.05, 4.69) is 5.92 Å².